The second-order valence-electron chi connectivity index (χ2n) is 5.40. The topological polar surface area (TPSA) is 59.8 Å². The third-order valence-corrected chi connectivity index (χ3v) is 4.86. The van der Waals surface area contributed by atoms with Crippen molar-refractivity contribution in [3.8, 4) is 0 Å². The van der Waals surface area contributed by atoms with Gasteiger partial charge in [-0.25, -0.2) is 4.68 Å². The van der Waals surface area contributed by atoms with Crippen LogP contribution in [0.2, 0.25) is 0 Å². The molecule has 0 bridgehead atoms. The van der Waals surface area contributed by atoms with Gasteiger partial charge in [0.05, 0.1) is 5.69 Å². The normalized spacial score (nSPS) is 10.6. The van der Waals surface area contributed by atoms with Crippen LogP contribution in [0.3, 0.4) is 0 Å². The first kappa shape index (κ1) is 17.7. The summed E-state index contributed by atoms with van der Waals surface area (Å²) in [4.78, 5) is 16.8. The number of aryl methyl sites for hydroxylation is 2. The number of carbonyl (C=O) groups is 1. The molecule has 128 valence electrons. The van der Waals surface area contributed by atoms with Gasteiger partial charge in [0.2, 0.25) is 10.6 Å². The van der Waals surface area contributed by atoms with Crippen molar-refractivity contribution in [2.45, 2.75) is 29.9 Å². The summed E-state index contributed by atoms with van der Waals surface area (Å²) in [7, 11) is 0. The van der Waals surface area contributed by atoms with Crippen LogP contribution < -0.4 is 5.32 Å². The molecular weight excluding hydrogens is 400 g/mol. The number of halogens is 1. The predicted octanol–water partition coefficient (Wildman–Crippen LogP) is 4.39. The number of para-hydroxylation sites is 1. The van der Waals surface area contributed by atoms with Crippen LogP contribution in [0.15, 0.2) is 69.4 Å². The summed E-state index contributed by atoms with van der Waals surface area (Å²) in [6.45, 7) is 2.23. The molecule has 1 aromatic heterocycles. The lowest BCUT2D eigenvalue weighted by Crippen LogP contribution is -2.07. The van der Waals surface area contributed by atoms with E-state index in [-0.39, 0.29) is 5.91 Å². The lowest BCUT2D eigenvalue weighted by Gasteiger charge is -2.10. The number of hydrogen-bond donors (Lipinski definition) is 1. The third-order valence-electron chi connectivity index (χ3n) is 3.47. The predicted molar refractivity (Wildman–Crippen MR) is 103 cm³/mol. The van der Waals surface area contributed by atoms with E-state index < -0.39 is 0 Å². The number of nitrogens with zero attached hydrogens (tertiary/aromatic N) is 3. The molecule has 0 aliphatic rings. The van der Waals surface area contributed by atoms with Crippen LogP contribution in [-0.4, -0.2) is 20.7 Å². The molecule has 5 nitrogen and oxygen atoms in total. The number of carbonyl (C=O) groups excluding carboxylic acids is 1. The zero-order valence-corrected chi connectivity index (χ0v) is 16.0. The Morgan fingerprint density at radius 1 is 1.16 bits per heavy atom. The number of amides is 1. The minimum Gasteiger partial charge on any atom is -0.325 e. The molecule has 0 saturated heterocycles. The highest BCUT2D eigenvalue weighted by Gasteiger charge is 2.13. The maximum atomic E-state index is 11.4. The van der Waals surface area contributed by atoms with Gasteiger partial charge in [-0.05, 0) is 51.8 Å². The molecule has 1 N–H and O–H groups in total. The van der Waals surface area contributed by atoms with Crippen LogP contribution in [0.5, 0.6) is 0 Å². The second kappa shape index (κ2) is 8.31. The lowest BCUT2D eigenvalue weighted by molar-refractivity contribution is -0.114. The van der Waals surface area contributed by atoms with E-state index in [0.717, 1.165) is 28.7 Å². The van der Waals surface area contributed by atoms with Crippen molar-refractivity contribution in [1.29, 1.82) is 0 Å². The molecule has 0 spiro atoms. The Balaban J connectivity index is 1.78. The monoisotopic (exact) mass is 416 g/mol. The first-order valence-corrected chi connectivity index (χ1v) is 9.41. The quantitative estimate of drug-likeness (QED) is 0.646. The van der Waals surface area contributed by atoms with Crippen LogP contribution in [0.1, 0.15) is 12.5 Å². The summed E-state index contributed by atoms with van der Waals surface area (Å²) in [5, 5.41) is 8.05. The summed E-state index contributed by atoms with van der Waals surface area (Å²) >= 11 is 4.84. The van der Waals surface area contributed by atoms with E-state index >= 15 is 0 Å². The van der Waals surface area contributed by atoms with E-state index in [0.29, 0.717) is 4.73 Å². The Kier molecular flexibility index (Phi) is 5.88. The fourth-order valence-corrected chi connectivity index (χ4v) is 3.77. The van der Waals surface area contributed by atoms with E-state index in [4.69, 9.17) is 0 Å². The van der Waals surface area contributed by atoms with Crippen LogP contribution >= 0.6 is 27.7 Å². The van der Waals surface area contributed by atoms with Crippen LogP contribution in [0.4, 0.5) is 5.69 Å². The van der Waals surface area contributed by atoms with Crippen LogP contribution in [0.25, 0.3) is 0 Å². The maximum Gasteiger partial charge on any atom is 0.221 e. The average Bonchev–Trinajstić information content (AvgIpc) is 2.95. The molecule has 0 aliphatic heterocycles. The standard InChI is InChI=1S/C18H17BrN4OS/c1-13(24)20-15-9-5-6-10-16(15)25-18-21-17(19)22-23(18)12-11-14-7-3-2-4-8-14/h2-10H,11-12H2,1H3,(H,20,24). The number of hydrogen-bond acceptors (Lipinski definition) is 4. The first-order chi connectivity index (χ1) is 12.1. The molecular formula is C18H17BrN4OS. The first-order valence-electron chi connectivity index (χ1n) is 7.80. The van der Waals surface area contributed by atoms with Crippen LogP contribution in [0, 0.1) is 0 Å². The second-order valence-corrected chi connectivity index (χ2v) is 7.12. The van der Waals surface area contributed by atoms with Gasteiger partial charge >= 0.3 is 0 Å². The van der Waals surface area contributed by atoms with E-state index in [1.807, 2.05) is 47.1 Å². The number of rotatable bonds is 6. The fourth-order valence-electron chi connectivity index (χ4n) is 2.35. The minimum absolute atomic E-state index is 0.0974. The van der Waals surface area contributed by atoms with Crippen molar-refractivity contribution >= 4 is 39.3 Å². The third kappa shape index (κ3) is 4.93. The molecule has 3 rings (SSSR count). The van der Waals surface area contributed by atoms with E-state index in [9.17, 15) is 4.79 Å². The molecule has 0 saturated carbocycles. The molecule has 0 fully saturated rings. The highest BCUT2D eigenvalue weighted by Crippen LogP contribution is 2.33. The average molecular weight is 417 g/mol. The van der Waals surface area contributed by atoms with Gasteiger partial charge in [-0.2, -0.15) is 4.98 Å². The van der Waals surface area contributed by atoms with Crippen molar-refractivity contribution in [2.24, 2.45) is 0 Å². The Morgan fingerprint density at radius 3 is 2.64 bits per heavy atom. The maximum absolute atomic E-state index is 11.4. The van der Waals surface area contributed by atoms with Crippen molar-refractivity contribution in [2.75, 3.05) is 5.32 Å². The summed E-state index contributed by atoms with van der Waals surface area (Å²) in [6, 6.07) is 18.0. The van der Waals surface area contributed by atoms with E-state index in [1.165, 1.54) is 24.2 Å². The number of nitrogens with one attached hydrogen (secondary N) is 1. The van der Waals surface area contributed by atoms with Crippen molar-refractivity contribution in [1.82, 2.24) is 14.8 Å². The molecule has 0 atom stereocenters. The van der Waals surface area contributed by atoms with Gasteiger partial charge in [-0.1, -0.05) is 42.5 Å². The molecule has 3 aromatic rings. The summed E-state index contributed by atoms with van der Waals surface area (Å²) in [5.41, 5.74) is 2.03. The van der Waals surface area contributed by atoms with E-state index in [2.05, 4.69) is 43.5 Å². The largest absolute Gasteiger partial charge is 0.325 e. The highest BCUT2D eigenvalue weighted by atomic mass is 79.9. The summed E-state index contributed by atoms with van der Waals surface area (Å²) in [6.07, 6.45) is 0.873. The summed E-state index contributed by atoms with van der Waals surface area (Å²) < 4.78 is 2.44. The zero-order chi connectivity index (χ0) is 17.6. The molecule has 7 heteroatoms. The van der Waals surface area contributed by atoms with Gasteiger partial charge in [-0.3, -0.25) is 4.79 Å². The van der Waals surface area contributed by atoms with Crippen molar-refractivity contribution in [3.63, 3.8) is 0 Å². The van der Waals surface area contributed by atoms with Gasteiger partial charge in [0.25, 0.3) is 0 Å². The molecule has 0 aliphatic carbocycles. The molecule has 2 aromatic carbocycles. The van der Waals surface area contributed by atoms with Crippen molar-refractivity contribution < 1.29 is 4.79 Å². The smallest absolute Gasteiger partial charge is 0.221 e. The van der Waals surface area contributed by atoms with E-state index in [1.54, 1.807) is 0 Å². The molecule has 0 radical (unpaired) electrons. The van der Waals surface area contributed by atoms with Gasteiger partial charge in [0.15, 0.2) is 5.16 Å². The number of aromatic nitrogens is 3. The lowest BCUT2D eigenvalue weighted by atomic mass is 10.2. The van der Waals surface area contributed by atoms with Gasteiger partial charge in [-0.15, -0.1) is 5.10 Å². The molecule has 1 amide bonds. The Labute approximate surface area is 159 Å². The Hall–Kier alpha value is -2.12. The van der Waals surface area contributed by atoms with Crippen molar-refractivity contribution in [3.05, 3.63) is 64.9 Å². The van der Waals surface area contributed by atoms with Gasteiger partial charge in [0, 0.05) is 18.4 Å². The summed E-state index contributed by atoms with van der Waals surface area (Å²) in [5.74, 6) is -0.0974. The van der Waals surface area contributed by atoms with Gasteiger partial charge in [0.1, 0.15) is 0 Å². The minimum atomic E-state index is -0.0974. The molecule has 25 heavy (non-hydrogen) atoms. The zero-order valence-electron chi connectivity index (χ0n) is 13.6. The fraction of sp³-hybridized carbons (Fsp3) is 0.167. The number of benzene rings is 2. The molecule has 1 heterocycles. The Morgan fingerprint density at radius 2 is 1.88 bits per heavy atom. The SMILES string of the molecule is CC(=O)Nc1ccccc1Sc1nc(Br)nn1CCc1ccccc1. The van der Waals surface area contributed by atoms with Crippen LogP contribution in [-0.2, 0) is 17.8 Å². The van der Waals surface area contributed by atoms with Gasteiger partial charge < -0.3 is 5.32 Å². The Bertz CT molecular complexity index is 867. The highest BCUT2D eigenvalue weighted by molar-refractivity contribution is 9.10. The molecule has 0 unspecified atom stereocenters. The number of anilines is 1.